The zero-order chi connectivity index (χ0) is 46.5. The first-order valence-corrected chi connectivity index (χ1v) is 27.0. The fourth-order valence-electron chi connectivity index (χ4n) is 7.52. The standard InChI is InChI=1S/C58H100O6/c1-4-7-10-13-16-19-22-25-27-28-29-30-32-33-36-39-42-45-48-51-57(60)63-54-55(53-62-56(59)50-47-44-41-38-35-24-21-18-15-12-9-6-3)64-58(61)52-49-46-43-40-37-34-31-26-23-20-17-14-11-8-5-2/h7-8,10-11,14,16-17,19-20,23,25,27,55H,4-6,9,12-13,15,18,21-22,24,26,28-54H2,1-3H3/b10-7-,11-8-,17-14-,19-16-,23-20-,27-25-. The second kappa shape index (κ2) is 52.5. The quantitative estimate of drug-likeness (QED) is 0.0199. The topological polar surface area (TPSA) is 78.9 Å². The van der Waals surface area contributed by atoms with Crippen LogP contribution in [0.4, 0.5) is 0 Å². The van der Waals surface area contributed by atoms with Crippen LogP contribution in [0, 0.1) is 0 Å². The van der Waals surface area contributed by atoms with Crippen molar-refractivity contribution in [1.82, 2.24) is 0 Å². The van der Waals surface area contributed by atoms with E-state index in [0.717, 1.165) is 89.9 Å². The fourth-order valence-corrected chi connectivity index (χ4v) is 7.52. The number of esters is 3. The van der Waals surface area contributed by atoms with Crippen LogP contribution < -0.4 is 0 Å². The summed E-state index contributed by atoms with van der Waals surface area (Å²) in [5.41, 5.74) is 0. The molecule has 0 aromatic carbocycles. The predicted molar refractivity (Wildman–Crippen MR) is 274 cm³/mol. The normalized spacial score (nSPS) is 12.6. The molecule has 0 heterocycles. The van der Waals surface area contributed by atoms with Gasteiger partial charge in [0.2, 0.25) is 0 Å². The number of unbranched alkanes of at least 4 members (excludes halogenated alkanes) is 27. The Morgan fingerprint density at radius 1 is 0.344 bits per heavy atom. The van der Waals surface area contributed by atoms with Gasteiger partial charge in [0.15, 0.2) is 6.10 Å². The Labute approximate surface area is 395 Å². The van der Waals surface area contributed by atoms with Gasteiger partial charge in [-0.25, -0.2) is 0 Å². The number of rotatable bonds is 48. The number of hydrogen-bond acceptors (Lipinski definition) is 6. The molecule has 64 heavy (non-hydrogen) atoms. The van der Waals surface area contributed by atoms with E-state index in [1.165, 1.54) is 128 Å². The molecule has 368 valence electrons. The molecule has 0 fully saturated rings. The van der Waals surface area contributed by atoms with Crippen LogP contribution in [-0.4, -0.2) is 37.2 Å². The minimum absolute atomic E-state index is 0.0801. The molecule has 1 unspecified atom stereocenters. The Morgan fingerprint density at radius 3 is 1.12 bits per heavy atom. The average Bonchev–Trinajstić information content (AvgIpc) is 3.29. The molecule has 0 aromatic heterocycles. The molecule has 6 nitrogen and oxygen atoms in total. The van der Waals surface area contributed by atoms with Gasteiger partial charge >= 0.3 is 17.9 Å². The molecule has 0 N–H and O–H groups in total. The molecule has 1 atom stereocenters. The maximum absolute atomic E-state index is 12.8. The monoisotopic (exact) mass is 893 g/mol. The zero-order valence-electron chi connectivity index (χ0n) is 42.0. The predicted octanol–water partition coefficient (Wildman–Crippen LogP) is 17.8. The van der Waals surface area contributed by atoms with Gasteiger partial charge in [-0.3, -0.25) is 14.4 Å². The first-order valence-electron chi connectivity index (χ1n) is 27.0. The number of ether oxygens (including phenoxy) is 3. The van der Waals surface area contributed by atoms with Crippen LogP contribution in [0.2, 0.25) is 0 Å². The van der Waals surface area contributed by atoms with Crippen molar-refractivity contribution < 1.29 is 28.6 Å². The van der Waals surface area contributed by atoms with E-state index in [1.807, 2.05) is 0 Å². The van der Waals surface area contributed by atoms with Crippen molar-refractivity contribution in [2.75, 3.05) is 13.2 Å². The molecule has 0 amide bonds. The van der Waals surface area contributed by atoms with E-state index in [0.29, 0.717) is 19.3 Å². The van der Waals surface area contributed by atoms with Gasteiger partial charge in [0.1, 0.15) is 13.2 Å². The highest BCUT2D eigenvalue weighted by Gasteiger charge is 2.19. The molecular formula is C58H100O6. The van der Waals surface area contributed by atoms with Crippen LogP contribution >= 0.6 is 0 Å². The Hall–Kier alpha value is -3.15. The first kappa shape index (κ1) is 60.9. The Balaban J connectivity index is 4.36. The van der Waals surface area contributed by atoms with Crippen LogP contribution in [-0.2, 0) is 28.6 Å². The highest BCUT2D eigenvalue weighted by molar-refractivity contribution is 5.71. The fraction of sp³-hybridized carbons (Fsp3) is 0.741. The minimum atomic E-state index is -0.782. The molecule has 0 aliphatic heterocycles. The summed E-state index contributed by atoms with van der Waals surface area (Å²) in [5, 5.41) is 0. The summed E-state index contributed by atoms with van der Waals surface area (Å²) in [6.07, 6.45) is 66.0. The van der Waals surface area contributed by atoms with Gasteiger partial charge in [-0.1, -0.05) is 241 Å². The molecule has 0 bridgehead atoms. The zero-order valence-corrected chi connectivity index (χ0v) is 42.0. The lowest BCUT2D eigenvalue weighted by Gasteiger charge is -2.18. The van der Waals surface area contributed by atoms with E-state index in [1.54, 1.807) is 0 Å². The van der Waals surface area contributed by atoms with Crippen molar-refractivity contribution in [3.05, 3.63) is 72.9 Å². The molecule has 0 saturated heterocycles. The van der Waals surface area contributed by atoms with Crippen molar-refractivity contribution in [3.8, 4) is 0 Å². The summed E-state index contributed by atoms with van der Waals surface area (Å²) in [7, 11) is 0. The van der Waals surface area contributed by atoms with Gasteiger partial charge in [-0.15, -0.1) is 0 Å². The second-order valence-electron chi connectivity index (χ2n) is 17.8. The maximum atomic E-state index is 12.8. The Bertz CT molecular complexity index is 1210. The molecule has 0 saturated carbocycles. The third kappa shape index (κ3) is 49.9. The summed E-state index contributed by atoms with van der Waals surface area (Å²) >= 11 is 0. The van der Waals surface area contributed by atoms with Gasteiger partial charge in [-0.05, 0) is 70.6 Å². The third-order valence-electron chi connectivity index (χ3n) is 11.5. The van der Waals surface area contributed by atoms with E-state index in [9.17, 15) is 14.4 Å². The van der Waals surface area contributed by atoms with Crippen LogP contribution in [0.1, 0.15) is 258 Å². The Kier molecular flexibility index (Phi) is 49.9. The molecule has 6 heteroatoms. The van der Waals surface area contributed by atoms with Crippen molar-refractivity contribution in [2.45, 2.75) is 264 Å². The number of carbonyl (C=O) groups excluding carboxylic acids is 3. The summed E-state index contributed by atoms with van der Waals surface area (Å²) in [4.78, 5) is 38.0. The number of hydrogen-bond donors (Lipinski definition) is 0. The van der Waals surface area contributed by atoms with Crippen molar-refractivity contribution >= 4 is 17.9 Å². The highest BCUT2D eigenvalue weighted by atomic mass is 16.6. The van der Waals surface area contributed by atoms with E-state index in [4.69, 9.17) is 14.2 Å². The summed E-state index contributed by atoms with van der Waals surface area (Å²) < 4.78 is 16.8. The lowest BCUT2D eigenvalue weighted by molar-refractivity contribution is -0.167. The largest absolute Gasteiger partial charge is 0.462 e. The van der Waals surface area contributed by atoms with Gasteiger partial charge in [0.05, 0.1) is 0 Å². The Morgan fingerprint density at radius 2 is 0.688 bits per heavy atom. The number of allylic oxidation sites excluding steroid dienone is 12. The lowest BCUT2D eigenvalue weighted by Crippen LogP contribution is -2.30. The highest BCUT2D eigenvalue weighted by Crippen LogP contribution is 2.15. The molecule has 0 aromatic rings. The molecule has 0 rings (SSSR count). The third-order valence-corrected chi connectivity index (χ3v) is 11.5. The lowest BCUT2D eigenvalue weighted by atomic mass is 10.0. The number of carbonyl (C=O) groups is 3. The summed E-state index contributed by atoms with van der Waals surface area (Å²) in [6.45, 7) is 6.39. The molecule has 0 aliphatic carbocycles. The minimum Gasteiger partial charge on any atom is -0.462 e. The molecule has 0 radical (unpaired) electrons. The van der Waals surface area contributed by atoms with Gasteiger partial charge in [0, 0.05) is 19.3 Å². The van der Waals surface area contributed by atoms with Crippen molar-refractivity contribution in [1.29, 1.82) is 0 Å². The van der Waals surface area contributed by atoms with Gasteiger partial charge in [0.25, 0.3) is 0 Å². The van der Waals surface area contributed by atoms with Crippen LogP contribution in [0.3, 0.4) is 0 Å². The SMILES string of the molecule is CC\C=C/C=C\C=C/CCCCCCCCCC(=O)OC(COC(=O)CCCCCCCCCCC/C=C\C/C=C\C/C=C\CC)COC(=O)CCCCCCCCCCCCCC. The van der Waals surface area contributed by atoms with E-state index >= 15 is 0 Å². The smallest absolute Gasteiger partial charge is 0.306 e. The molecule has 0 spiro atoms. The summed E-state index contributed by atoms with van der Waals surface area (Å²) in [6, 6.07) is 0. The van der Waals surface area contributed by atoms with E-state index < -0.39 is 6.10 Å². The first-order chi connectivity index (χ1) is 31.5. The second-order valence-corrected chi connectivity index (χ2v) is 17.8. The van der Waals surface area contributed by atoms with Crippen molar-refractivity contribution in [2.24, 2.45) is 0 Å². The molecular weight excluding hydrogens is 793 g/mol. The maximum Gasteiger partial charge on any atom is 0.306 e. The van der Waals surface area contributed by atoms with Crippen LogP contribution in [0.25, 0.3) is 0 Å². The van der Waals surface area contributed by atoms with Crippen molar-refractivity contribution in [3.63, 3.8) is 0 Å². The van der Waals surface area contributed by atoms with Gasteiger partial charge in [-0.2, -0.15) is 0 Å². The van der Waals surface area contributed by atoms with E-state index in [-0.39, 0.29) is 31.1 Å². The van der Waals surface area contributed by atoms with Crippen LogP contribution in [0.15, 0.2) is 72.9 Å². The summed E-state index contributed by atoms with van der Waals surface area (Å²) in [5.74, 6) is -0.893. The average molecular weight is 893 g/mol. The van der Waals surface area contributed by atoms with Gasteiger partial charge < -0.3 is 14.2 Å². The van der Waals surface area contributed by atoms with Crippen LogP contribution in [0.5, 0.6) is 0 Å². The van der Waals surface area contributed by atoms with E-state index in [2.05, 4.69) is 93.7 Å². The molecule has 0 aliphatic rings.